The summed E-state index contributed by atoms with van der Waals surface area (Å²) >= 11 is 0. The second kappa shape index (κ2) is 10.3. The van der Waals surface area contributed by atoms with Crippen LogP contribution in [0.1, 0.15) is 21.7 Å². The monoisotopic (exact) mass is 457 g/mol. The van der Waals surface area contributed by atoms with Crippen molar-refractivity contribution >= 4 is 23.0 Å². The molecule has 0 radical (unpaired) electrons. The molecule has 9 heteroatoms. The van der Waals surface area contributed by atoms with Crippen molar-refractivity contribution in [1.82, 2.24) is 9.55 Å². The van der Waals surface area contributed by atoms with Gasteiger partial charge in [0.25, 0.3) is 11.6 Å². The Hall–Kier alpha value is -4.66. The van der Waals surface area contributed by atoms with Gasteiger partial charge in [-0.2, -0.15) is 0 Å². The quantitative estimate of drug-likeness (QED) is 0.277. The molecule has 0 fully saturated rings. The Morgan fingerprint density at radius 2 is 1.85 bits per heavy atom. The van der Waals surface area contributed by atoms with E-state index < -0.39 is 10.8 Å². The zero-order valence-corrected chi connectivity index (χ0v) is 18.5. The van der Waals surface area contributed by atoms with Crippen LogP contribution in [0.5, 0.6) is 5.75 Å². The first-order chi connectivity index (χ1) is 16.5. The number of hydrogen-bond donors (Lipinski definition) is 2. The summed E-state index contributed by atoms with van der Waals surface area (Å²) in [6.45, 7) is 0.755. The summed E-state index contributed by atoms with van der Waals surface area (Å²) in [5.41, 5.74) is 1.91. The second-order valence-electron chi connectivity index (χ2n) is 7.55. The fraction of sp³-hybridized carbons (Fsp3) is 0.120. The number of aromatic nitrogens is 2. The molecule has 0 spiro atoms. The van der Waals surface area contributed by atoms with Gasteiger partial charge in [0.1, 0.15) is 23.9 Å². The molecule has 0 aliphatic carbocycles. The van der Waals surface area contributed by atoms with E-state index in [2.05, 4.69) is 15.6 Å². The van der Waals surface area contributed by atoms with E-state index in [1.54, 1.807) is 42.6 Å². The Kier molecular flexibility index (Phi) is 6.83. The van der Waals surface area contributed by atoms with Crippen molar-refractivity contribution in [1.29, 1.82) is 0 Å². The maximum atomic E-state index is 12.7. The number of nitro benzene ring substituents is 1. The SMILES string of the molecule is Cn1ccnc1COc1ccc(NC(=O)c2ccc(NCc3ccccc3)c([N+](=O)[O-])c2)cc1. The van der Waals surface area contributed by atoms with Gasteiger partial charge >= 0.3 is 0 Å². The Labute approximate surface area is 196 Å². The van der Waals surface area contributed by atoms with Gasteiger partial charge in [0.15, 0.2) is 0 Å². The van der Waals surface area contributed by atoms with Gasteiger partial charge in [-0.3, -0.25) is 14.9 Å². The van der Waals surface area contributed by atoms with Crippen LogP contribution in [0.3, 0.4) is 0 Å². The van der Waals surface area contributed by atoms with Crippen LogP contribution in [-0.4, -0.2) is 20.4 Å². The Morgan fingerprint density at radius 1 is 1.09 bits per heavy atom. The third-order valence-corrected chi connectivity index (χ3v) is 5.18. The molecule has 0 saturated heterocycles. The number of ether oxygens (including phenoxy) is 1. The van der Waals surface area contributed by atoms with Crippen LogP contribution in [0.4, 0.5) is 17.1 Å². The number of nitrogens with one attached hydrogen (secondary N) is 2. The van der Waals surface area contributed by atoms with E-state index in [1.807, 2.05) is 48.1 Å². The third-order valence-electron chi connectivity index (χ3n) is 5.18. The molecule has 0 unspecified atom stereocenters. The van der Waals surface area contributed by atoms with Gasteiger partial charge in [-0.15, -0.1) is 0 Å². The van der Waals surface area contributed by atoms with Crippen LogP contribution in [-0.2, 0) is 20.2 Å². The largest absolute Gasteiger partial charge is 0.486 e. The van der Waals surface area contributed by atoms with E-state index in [1.165, 1.54) is 6.07 Å². The van der Waals surface area contributed by atoms with Crippen molar-refractivity contribution in [2.45, 2.75) is 13.2 Å². The molecule has 2 N–H and O–H groups in total. The minimum atomic E-state index is -0.502. The lowest BCUT2D eigenvalue weighted by Crippen LogP contribution is -2.13. The summed E-state index contributed by atoms with van der Waals surface area (Å²) < 4.78 is 7.58. The molecule has 0 bridgehead atoms. The number of rotatable bonds is 9. The minimum absolute atomic E-state index is 0.165. The number of nitro groups is 1. The predicted octanol–water partition coefficient (Wildman–Crippen LogP) is 4.77. The first kappa shape index (κ1) is 22.5. The summed E-state index contributed by atoms with van der Waals surface area (Å²) in [5.74, 6) is 0.977. The van der Waals surface area contributed by atoms with Crippen molar-refractivity contribution in [3.8, 4) is 5.75 Å². The highest BCUT2D eigenvalue weighted by Gasteiger charge is 2.18. The smallest absolute Gasteiger partial charge is 0.293 e. The summed E-state index contributed by atoms with van der Waals surface area (Å²) in [5, 5.41) is 17.4. The average molecular weight is 457 g/mol. The van der Waals surface area contributed by atoms with E-state index in [0.717, 1.165) is 11.4 Å². The Bertz CT molecular complexity index is 1290. The van der Waals surface area contributed by atoms with Crippen LogP contribution in [0, 0.1) is 10.1 Å². The van der Waals surface area contributed by atoms with E-state index in [9.17, 15) is 14.9 Å². The van der Waals surface area contributed by atoms with E-state index in [-0.39, 0.29) is 11.3 Å². The Morgan fingerprint density at radius 3 is 2.53 bits per heavy atom. The topological polar surface area (TPSA) is 111 Å². The van der Waals surface area contributed by atoms with Crippen molar-refractivity contribution in [3.05, 3.63) is 112 Å². The number of carbonyl (C=O) groups excluding carboxylic acids is 1. The average Bonchev–Trinajstić information content (AvgIpc) is 3.27. The zero-order valence-electron chi connectivity index (χ0n) is 18.5. The maximum absolute atomic E-state index is 12.7. The number of aryl methyl sites for hydroxylation is 1. The van der Waals surface area contributed by atoms with Crippen LogP contribution in [0.25, 0.3) is 0 Å². The van der Waals surface area contributed by atoms with Crippen molar-refractivity contribution in [2.24, 2.45) is 7.05 Å². The molecular weight excluding hydrogens is 434 g/mol. The molecular formula is C25H23N5O4. The molecule has 1 aromatic heterocycles. The predicted molar refractivity (Wildman–Crippen MR) is 129 cm³/mol. The lowest BCUT2D eigenvalue weighted by atomic mass is 10.1. The second-order valence-corrected chi connectivity index (χ2v) is 7.55. The van der Waals surface area contributed by atoms with Gasteiger partial charge in [0.2, 0.25) is 0 Å². The highest BCUT2D eigenvalue weighted by molar-refractivity contribution is 6.05. The molecule has 0 aliphatic rings. The number of benzene rings is 3. The molecule has 4 aromatic rings. The van der Waals surface area contributed by atoms with Gasteiger partial charge in [-0.1, -0.05) is 30.3 Å². The molecule has 4 rings (SSSR count). The molecule has 0 saturated carbocycles. The number of anilines is 2. The van der Waals surface area contributed by atoms with Gasteiger partial charge in [0.05, 0.1) is 4.92 Å². The van der Waals surface area contributed by atoms with Crippen LogP contribution in [0.15, 0.2) is 85.2 Å². The number of imidazole rings is 1. The van der Waals surface area contributed by atoms with Crippen LogP contribution < -0.4 is 15.4 Å². The highest BCUT2D eigenvalue weighted by atomic mass is 16.6. The standard InChI is InChI=1S/C25H23N5O4/c1-29-14-13-26-24(29)17-34-21-10-8-20(9-11-21)28-25(31)19-7-12-22(23(15-19)30(32)33)27-16-18-5-3-2-4-6-18/h2-15,27H,16-17H2,1H3,(H,28,31). The normalized spacial score (nSPS) is 10.5. The number of carbonyl (C=O) groups is 1. The number of amides is 1. The minimum Gasteiger partial charge on any atom is -0.486 e. The highest BCUT2D eigenvalue weighted by Crippen LogP contribution is 2.27. The third kappa shape index (κ3) is 5.57. The van der Waals surface area contributed by atoms with E-state index in [0.29, 0.717) is 30.3 Å². The lowest BCUT2D eigenvalue weighted by molar-refractivity contribution is -0.384. The molecule has 172 valence electrons. The van der Waals surface area contributed by atoms with Crippen LogP contribution >= 0.6 is 0 Å². The van der Waals surface area contributed by atoms with Gasteiger partial charge in [0, 0.05) is 43.3 Å². The van der Waals surface area contributed by atoms with Gasteiger partial charge in [-0.05, 0) is 42.0 Å². The molecule has 1 heterocycles. The summed E-state index contributed by atoms with van der Waals surface area (Å²) in [6.07, 6.45) is 3.54. The van der Waals surface area contributed by atoms with Crippen molar-refractivity contribution < 1.29 is 14.5 Å². The molecule has 0 atom stereocenters. The molecule has 34 heavy (non-hydrogen) atoms. The first-order valence-corrected chi connectivity index (χ1v) is 10.6. The molecule has 0 aliphatic heterocycles. The molecule has 3 aromatic carbocycles. The van der Waals surface area contributed by atoms with Crippen LogP contribution in [0.2, 0.25) is 0 Å². The zero-order chi connectivity index (χ0) is 23.9. The molecule has 1 amide bonds. The maximum Gasteiger partial charge on any atom is 0.293 e. The fourth-order valence-corrected chi connectivity index (χ4v) is 3.29. The Balaban J connectivity index is 1.39. The van der Waals surface area contributed by atoms with Crippen molar-refractivity contribution in [3.63, 3.8) is 0 Å². The fourth-order valence-electron chi connectivity index (χ4n) is 3.29. The lowest BCUT2D eigenvalue weighted by Gasteiger charge is -2.10. The van der Waals surface area contributed by atoms with Gasteiger partial charge < -0.3 is 19.9 Å². The van der Waals surface area contributed by atoms with Gasteiger partial charge in [-0.25, -0.2) is 4.98 Å². The summed E-state index contributed by atoms with van der Waals surface area (Å²) in [6, 6.07) is 20.8. The number of nitrogens with zero attached hydrogens (tertiary/aromatic N) is 3. The van der Waals surface area contributed by atoms with E-state index >= 15 is 0 Å². The number of hydrogen-bond acceptors (Lipinski definition) is 6. The van der Waals surface area contributed by atoms with Crippen molar-refractivity contribution in [2.75, 3.05) is 10.6 Å². The summed E-state index contributed by atoms with van der Waals surface area (Å²) in [4.78, 5) is 28.0. The summed E-state index contributed by atoms with van der Waals surface area (Å²) in [7, 11) is 1.89. The first-order valence-electron chi connectivity index (χ1n) is 10.6. The molecule has 9 nitrogen and oxygen atoms in total. The van der Waals surface area contributed by atoms with E-state index in [4.69, 9.17) is 4.74 Å².